The molecular formula is C10H11BrN2S2. The Bertz CT molecular complexity index is 423. The molecule has 0 atom stereocenters. The van der Waals surface area contributed by atoms with Crippen LogP contribution >= 0.6 is 38.6 Å². The zero-order valence-electron chi connectivity index (χ0n) is 8.29. The van der Waals surface area contributed by atoms with E-state index in [0.717, 1.165) is 22.6 Å². The molecule has 0 unspecified atom stereocenters. The van der Waals surface area contributed by atoms with E-state index in [1.54, 1.807) is 22.7 Å². The molecule has 2 aromatic heterocycles. The Balaban J connectivity index is 2.21. The van der Waals surface area contributed by atoms with Gasteiger partial charge in [-0.3, -0.25) is 0 Å². The summed E-state index contributed by atoms with van der Waals surface area (Å²) in [5, 5.41) is 6.34. The molecule has 2 rings (SSSR count). The average Bonchev–Trinajstić information content (AvgIpc) is 2.83. The Labute approximate surface area is 106 Å². The van der Waals surface area contributed by atoms with Gasteiger partial charge in [-0.1, -0.05) is 6.07 Å². The van der Waals surface area contributed by atoms with Gasteiger partial charge >= 0.3 is 0 Å². The van der Waals surface area contributed by atoms with Crippen molar-refractivity contribution in [1.29, 1.82) is 0 Å². The molecule has 1 N–H and O–H groups in total. The van der Waals surface area contributed by atoms with Gasteiger partial charge in [0.05, 0.1) is 4.88 Å². The smallest absolute Gasteiger partial charge is 0.134 e. The van der Waals surface area contributed by atoms with Gasteiger partial charge in [-0.25, -0.2) is 4.98 Å². The van der Waals surface area contributed by atoms with Crippen LogP contribution in [-0.4, -0.2) is 18.6 Å². The lowest BCUT2D eigenvalue weighted by Crippen LogP contribution is -2.09. The van der Waals surface area contributed by atoms with Gasteiger partial charge in [0.15, 0.2) is 0 Å². The summed E-state index contributed by atoms with van der Waals surface area (Å²) in [7, 11) is 1.97. The number of nitrogens with one attached hydrogen (secondary N) is 1. The van der Waals surface area contributed by atoms with Gasteiger partial charge in [-0.05, 0) is 47.4 Å². The number of likely N-dealkylation sites (N-methyl/N-ethyl adjacent to an activating group) is 1. The molecular weight excluding hydrogens is 292 g/mol. The van der Waals surface area contributed by atoms with E-state index in [1.807, 2.05) is 7.05 Å². The van der Waals surface area contributed by atoms with Crippen LogP contribution < -0.4 is 5.32 Å². The van der Waals surface area contributed by atoms with E-state index >= 15 is 0 Å². The van der Waals surface area contributed by atoms with E-state index in [9.17, 15) is 0 Å². The van der Waals surface area contributed by atoms with Crippen molar-refractivity contribution in [2.45, 2.75) is 6.42 Å². The van der Waals surface area contributed by atoms with Gasteiger partial charge in [0, 0.05) is 4.88 Å². The average molecular weight is 303 g/mol. The maximum atomic E-state index is 4.52. The van der Waals surface area contributed by atoms with Gasteiger partial charge in [0.2, 0.25) is 0 Å². The first-order valence-electron chi connectivity index (χ1n) is 4.65. The van der Waals surface area contributed by atoms with E-state index in [-0.39, 0.29) is 0 Å². The Morgan fingerprint density at radius 2 is 2.40 bits per heavy atom. The quantitative estimate of drug-likeness (QED) is 0.936. The maximum Gasteiger partial charge on any atom is 0.134 e. The number of aromatic nitrogens is 1. The molecule has 2 aromatic rings. The Morgan fingerprint density at radius 1 is 1.53 bits per heavy atom. The monoisotopic (exact) mass is 302 g/mol. The SMILES string of the molecule is CNCCc1sc(-c2cccs2)nc1Br. The van der Waals surface area contributed by atoms with Gasteiger partial charge in [0.1, 0.15) is 9.61 Å². The molecule has 15 heavy (non-hydrogen) atoms. The third-order valence-corrected chi connectivity index (χ3v) is 5.06. The topological polar surface area (TPSA) is 24.9 Å². The molecule has 0 radical (unpaired) electrons. The predicted molar refractivity (Wildman–Crippen MR) is 70.8 cm³/mol. The molecule has 2 heterocycles. The third kappa shape index (κ3) is 2.66. The Kier molecular flexibility index (Phi) is 3.91. The van der Waals surface area contributed by atoms with E-state index in [1.165, 1.54) is 9.75 Å². The number of thiophene rings is 1. The number of nitrogens with zero attached hydrogens (tertiary/aromatic N) is 1. The molecule has 0 aliphatic carbocycles. The minimum absolute atomic E-state index is 0.991. The molecule has 80 valence electrons. The second-order valence-electron chi connectivity index (χ2n) is 3.06. The van der Waals surface area contributed by atoms with Crippen LogP contribution in [0.4, 0.5) is 0 Å². The summed E-state index contributed by atoms with van der Waals surface area (Å²) in [6.45, 7) is 0.991. The van der Waals surface area contributed by atoms with Gasteiger partial charge < -0.3 is 5.32 Å². The van der Waals surface area contributed by atoms with Crippen LogP contribution in [0.15, 0.2) is 22.1 Å². The lowest BCUT2D eigenvalue weighted by Gasteiger charge is -1.94. The van der Waals surface area contributed by atoms with Crippen LogP contribution in [0.2, 0.25) is 0 Å². The van der Waals surface area contributed by atoms with Crippen LogP contribution in [0.5, 0.6) is 0 Å². The van der Waals surface area contributed by atoms with Crippen molar-refractivity contribution in [3.8, 4) is 9.88 Å². The van der Waals surface area contributed by atoms with Crippen molar-refractivity contribution in [1.82, 2.24) is 10.3 Å². The summed E-state index contributed by atoms with van der Waals surface area (Å²) in [4.78, 5) is 7.08. The second kappa shape index (κ2) is 5.21. The summed E-state index contributed by atoms with van der Waals surface area (Å²) in [6.07, 6.45) is 1.03. The molecule has 0 bridgehead atoms. The van der Waals surface area contributed by atoms with Crippen molar-refractivity contribution in [3.63, 3.8) is 0 Å². The second-order valence-corrected chi connectivity index (χ2v) is 5.85. The fourth-order valence-corrected chi connectivity index (χ4v) is 3.72. The molecule has 0 amide bonds. The van der Waals surface area contributed by atoms with Gasteiger partial charge in [-0.2, -0.15) is 0 Å². The fraction of sp³-hybridized carbons (Fsp3) is 0.300. The molecule has 0 saturated heterocycles. The molecule has 0 aliphatic rings. The number of thiazole rings is 1. The first kappa shape index (κ1) is 11.3. The van der Waals surface area contributed by atoms with E-state index in [0.29, 0.717) is 0 Å². The zero-order chi connectivity index (χ0) is 10.7. The maximum absolute atomic E-state index is 4.52. The first-order chi connectivity index (χ1) is 7.31. The van der Waals surface area contributed by atoms with E-state index in [4.69, 9.17) is 0 Å². The molecule has 5 heteroatoms. The van der Waals surface area contributed by atoms with Crippen molar-refractivity contribution >= 4 is 38.6 Å². The standard InChI is InChI=1S/C10H11BrN2S2/c1-12-5-4-7-9(11)13-10(15-7)8-3-2-6-14-8/h2-3,6,12H,4-5H2,1H3. The van der Waals surface area contributed by atoms with Crippen LogP contribution in [-0.2, 0) is 6.42 Å². The van der Waals surface area contributed by atoms with Crippen LogP contribution in [0.1, 0.15) is 4.88 Å². The summed E-state index contributed by atoms with van der Waals surface area (Å²) in [6, 6.07) is 4.17. The van der Waals surface area contributed by atoms with Crippen LogP contribution in [0.3, 0.4) is 0 Å². The highest BCUT2D eigenvalue weighted by atomic mass is 79.9. The molecule has 0 spiro atoms. The number of hydrogen-bond acceptors (Lipinski definition) is 4. The van der Waals surface area contributed by atoms with Crippen molar-refractivity contribution < 1.29 is 0 Å². The minimum atomic E-state index is 0.991. The van der Waals surface area contributed by atoms with Crippen LogP contribution in [0, 0.1) is 0 Å². The number of rotatable bonds is 4. The molecule has 0 aliphatic heterocycles. The lowest BCUT2D eigenvalue weighted by atomic mass is 10.4. The fourth-order valence-electron chi connectivity index (χ4n) is 1.23. The van der Waals surface area contributed by atoms with Crippen molar-refractivity contribution in [2.75, 3.05) is 13.6 Å². The largest absolute Gasteiger partial charge is 0.319 e. The first-order valence-corrected chi connectivity index (χ1v) is 7.14. The summed E-state index contributed by atoms with van der Waals surface area (Å²) >= 11 is 7.01. The number of halogens is 1. The molecule has 0 aromatic carbocycles. The minimum Gasteiger partial charge on any atom is -0.319 e. The predicted octanol–water partition coefficient (Wildman–Crippen LogP) is 3.40. The highest BCUT2D eigenvalue weighted by Crippen LogP contribution is 2.33. The molecule has 0 fully saturated rings. The van der Waals surface area contributed by atoms with Crippen LogP contribution in [0.25, 0.3) is 9.88 Å². The number of hydrogen-bond donors (Lipinski definition) is 1. The lowest BCUT2D eigenvalue weighted by molar-refractivity contribution is 0.796. The zero-order valence-corrected chi connectivity index (χ0v) is 11.5. The van der Waals surface area contributed by atoms with Crippen molar-refractivity contribution in [3.05, 3.63) is 27.0 Å². The summed E-state index contributed by atoms with van der Waals surface area (Å²) in [5.74, 6) is 0. The van der Waals surface area contributed by atoms with Crippen molar-refractivity contribution in [2.24, 2.45) is 0 Å². The highest BCUT2D eigenvalue weighted by Gasteiger charge is 2.10. The van der Waals surface area contributed by atoms with Gasteiger partial charge in [-0.15, -0.1) is 22.7 Å². The Hall–Kier alpha value is -0.230. The van der Waals surface area contributed by atoms with E-state index < -0.39 is 0 Å². The molecule has 0 saturated carbocycles. The summed E-state index contributed by atoms with van der Waals surface area (Å²) < 4.78 is 0.992. The van der Waals surface area contributed by atoms with Gasteiger partial charge in [0.25, 0.3) is 0 Å². The normalized spacial score (nSPS) is 10.8. The van der Waals surface area contributed by atoms with E-state index in [2.05, 4.69) is 43.7 Å². The summed E-state index contributed by atoms with van der Waals surface area (Å²) in [5.41, 5.74) is 0. The molecule has 2 nitrogen and oxygen atoms in total. The highest BCUT2D eigenvalue weighted by molar-refractivity contribution is 9.10. The Morgan fingerprint density at radius 3 is 3.07 bits per heavy atom. The third-order valence-electron chi connectivity index (χ3n) is 1.98.